The van der Waals surface area contributed by atoms with E-state index >= 15 is 0 Å². The molecule has 182 valence electrons. The Morgan fingerprint density at radius 1 is 0.657 bits per heavy atom. The van der Waals surface area contributed by atoms with Crippen LogP contribution in [0.1, 0.15) is 16.7 Å². The first-order valence-corrected chi connectivity index (χ1v) is 13.6. The second kappa shape index (κ2) is 9.53. The average Bonchev–Trinajstić information content (AvgIpc) is 2.83. The van der Waals surface area contributed by atoms with Gasteiger partial charge in [-0.3, -0.25) is 0 Å². The van der Waals surface area contributed by atoms with Crippen molar-refractivity contribution in [1.82, 2.24) is 0 Å². The number of hydrogen-bond donors (Lipinski definition) is 0. The van der Waals surface area contributed by atoms with E-state index in [0.717, 1.165) is 35.4 Å². The van der Waals surface area contributed by atoms with Crippen LogP contribution in [-0.2, 0) is 19.9 Å². The van der Waals surface area contributed by atoms with E-state index in [1.165, 1.54) is 0 Å². The van der Waals surface area contributed by atoms with E-state index < -0.39 is 32.2 Å². The van der Waals surface area contributed by atoms with E-state index in [2.05, 4.69) is 0 Å². The molecule has 0 aliphatic heterocycles. The Kier molecular flexibility index (Phi) is 6.81. The van der Waals surface area contributed by atoms with Gasteiger partial charge in [0.25, 0.3) is 0 Å². The second-order valence-corrected chi connectivity index (χ2v) is 12.4. The van der Waals surface area contributed by atoms with E-state index in [-0.39, 0.29) is 4.90 Å². The lowest BCUT2D eigenvalue weighted by molar-refractivity contribution is -0.137. The molecule has 0 aliphatic rings. The van der Waals surface area contributed by atoms with Crippen molar-refractivity contribution in [3.63, 3.8) is 0 Å². The Labute approximate surface area is 204 Å². The van der Waals surface area contributed by atoms with Crippen LogP contribution in [0.15, 0.2) is 123 Å². The van der Waals surface area contributed by atoms with Crippen molar-refractivity contribution in [2.24, 2.45) is 0 Å². The first-order chi connectivity index (χ1) is 16.5. The van der Waals surface area contributed by atoms with Gasteiger partial charge in [-0.15, -0.1) is 0 Å². The molecule has 4 aromatic rings. The highest BCUT2D eigenvalue weighted by molar-refractivity contribution is 8.33. The molecule has 8 heteroatoms. The summed E-state index contributed by atoms with van der Waals surface area (Å²) in [5, 5.41) is 0. The minimum absolute atomic E-state index is 0.348. The zero-order valence-corrected chi connectivity index (χ0v) is 20.6. The number of benzene rings is 4. The molecule has 35 heavy (non-hydrogen) atoms. The predicted octanol–water partition coefficient (Wildman–Crippen LogP) is 7.92. The molecule has 0 bridgehead atoms. The molecule has 0 aliphatic carbocycles. The summed E-state index contributed by atoms with van der Waals surface area (Å²) in [6.07, 6.45) is -4.58. The molecule has 0 N–H and O–H groups in total. The van der Waals surface area contributed by atoms with Gasteiger partial charge in [0, 0.05) is 14.7 Å². The molecular weight excluding hydrogens is 493 g/mol. The molecule has 0 radical (unpaired) electrons. The van der Waals surface area contributed by atoms with Gasteiger partial charge < -0.3 is 0 Å². The van der Waals surface area contributed by atoms with Gasteiger partial charge in [0.05, 0.1) is 10.5 Å². The fourth-order valence-electron chi connectivity index (χ4n) is 3.84. The van der Waals surface area contributed by atoms with Crippen LogP contribution < -0.4 is 0 Å². The maximum absolute atomic E-state index is 13.6. The van der Waals surface area contributed by atoms with Crippen LogP contribution >= 0.6 is 10.3 Å². The van der Waals surface area contributed by atoms with Crippen molar-refractivity contribution in [2.75, 3.05) is 0 Å². The third-order valence-corrected chi connectivity index (χ3v) is 10.8. The Bertz CT molecular complexity index is 1380. The highest BCUT2D eigenvalue weighted by atomic mass is 32.3. The number of rotatable bonds is 6. The van der Waals surface area contributed by atoms with E-state index in [4.69, 9.17) is 3.63 Å². The zero-order chi connectivity index (χ0) is 25.3. The summed E-state index contributed by atoms with van der Waals surface area (Å²) in [7, 11) is -7.32. The molecule has 0 spiro atoms. The zero-order valence-electron chi connectivity index (χ0n) is 19.0. The lowest BCUT2D eigenvalue weighted by atomic mass is 10.2. The van der Waals surface area contributed by atoms with Gasteiger partial charge in [0.15, 0.2) is 0 Å². The summed E-state index contributed by atoms with van der Waals surface area (Å²) >= 11 is 0. The fourth-order valence-corrected chi connectivity index (χ4v) is 9.25. The summed E-state index contributed by atoms with van der Waals surface area (Å²) in [6.45, 7) is 3.84. The van der Waals surface area contributed by atoms with E-state index in [9.17, 15) is 21.6 Å². The van der Waals surface area contributed by atoms with Crippen molar-refractivity contribution < 1.29 is 25.2 Å². The van der Waals surface area contributed by atoms with Crippen molar-refractivity contribution in [3.8, 4) is 0 Å². The van der Waals surface area contributed by atoms with Crippen LogP contribution in [0.2, 0.25) is 0 Å². The number of halogens is 3. The molecule has 3 nitrogen and oxygen atoms in total. The molecule has 4 rings (SSSR count). The number of alkyl halides is 3. The van der Waals surface area contributed by atoms with Crippen LogP contribution in [0.3, 0.4) is 0 Å². The van der Waals surface area contributed by atoms with E-state index in [0.29, 0.717) is 14.7 Å². The van der Waals surface area contributed by atoms with E-state index in [1.807, 2.05) is 68.4 Å². The lowest BCUT2D eigenvalue weighted by Crippen LogP contribution is -2.15. The molecule has 4 aromatic carbocycles. The lowest BCUT2D eigenvalue weighted by Gasteiger charge is -2.40. The van der Waals surface area contributed by atoms with Crippen molar-refractivity contribution >= 4 is 20.4 Å². The Morgan fingerprint density at radius 2 is 1.17 bits per heavy atom. The highest BCUT2D eigenvalue weighted by Gasteiger charge is 2.39. The molecular formula is C27H23F3O3S2. The largest absolute Gasteiger partial charge is 0.416 e. The normalized spacial score (nSPS) is 12.9. The Hall–Kier alpha value is -3.07. The fraction of sp³-hybridized carbons (Fsp3) is 0.111. The topological polar surface area (TPSA) is 43.4 Å². The third-order valence-electron chi connectivity index (χ3n) is 5.45. The standard InChI is InChI=1S/C27H23F3O3S2/c1-20-13-18-26(21(2)19-20)34(23-9-5-3-6-10-23,24-11-7-4-8-12-24)33-35(31,32)25-16-14-22(15-17-25)27(28,29)30/h3-19H,1-2H3. The average molecular weight is 517 g/mol. The summed E-state index contributed by atoms with van der Waals surface area (Å²) in [4.78, 5) is 1.64. The van der Waals surface area contributed by atoms with Crippen LogP contribution in [0.25, 0.3) is 0 Å². The quantitative estimate of drug-likeness (QED) is 0.261. The molecule has 0 atom stereocenters. The first-order valence-electron chi connectivity index (χ1n) is 10.7. The summed E-state index contributed by atoms with van der Waals surface area (Å²) in [5.74, 6) is 0. The minimum Gasteiger partial charge on any atom is -0.203 e. The van der Waals surface area contributed by atoms with Crippen LogP contribution in [0.4, 0.5) is 13.2 Å². The van der Waals surface area contributed by atoms with Crippen molar-refractivity contribution in [1.29, 1.82) is 0 Å². The van der Waals surface area contributed by atoms with Crippen LogP contribution in [0, 0.1) is 13.8 Å². The Balaban J connectivity index is 1.97. The monoisotopic (exact) mass is 516 g/mol. The van der Waals surface area contributed by atoms with Gasteiger partial charge in [-0.1, -0.05) is 54.1 Å². The molecule has 0 unspecified atom stereocenters. The number of hydrogen-bond acceptors (Lipinski definition) is 3. The first kappa shape index (κ1) is 25.0. The molecule has 0 saturated carbocycles. The number of aryl methyl sites for hydroxylation is 2. The molecule has 0 saturated heterocycles. The van der Waals surface area contributed by atoms with Crippen molar-refractivity contribution in [3.05, 3.63) is 120 Å². The summed E-state index contributed by atoms with van der Waals surface area (Å²) in [5.41, 5.74) is 0.914. The maximum atomic E-state index is 13.6. The van der Waals surface area contributed by atoms with Gasteiger partial charge in [-0.25, -0.2) is 3.63 Å². The van der Waals surface area contributed by atoms with Gasteiger partial charge in [0.1, 0.15) is 0 Å². The van der Waals surface area contributed by atoms with Gasteiger partial charge in [-0.05, 0) is 84.3 Å². The van der Waals surface area contributed by atoms with Gasteiger partial charge >= 0.3 is 16.3 Å². The predicted molar refractivity (Wildman–Crippen MR) is 131 cm³/mol. The van der Waals surface area contributed by atoms with Gasteiger partial charge in [-0.2, -0.15) is 21.6 Å². The minimum atomic E-state index is -4.58. The summed E-state index contributed by atoms with van der Waals surface area (Å²) < 4.78 is 72.6. The smallest absolute Gasteiger partial charge is 0.203 e. The molecule has 0 amide bonds. The van der Waals surface area contributed by atoms with Crippen LogP contribution in [0.5, 0.6) is 0 Å². The highest BCUT2D eigenvalue weighted by Crippen LogP contribution is 2.71. The second-order valence-electron chi connectivity index (χ2n) is 8.00. The Morgan fingerprint density at radius 3 is 1.63 bits per heavy atom. The molecule has 0 aromatic heterocycles. The molecule has 0 fully saturated rings. The SMILES string of the molecule is Cc1ccc(S(OS(=O)(=O)c2ccc(C(F)(F)F)cc2)(c2ccccc2)c2ccccc2)c(C)c1. The third kappa shape index (κ3) is 5.00. The van der Waals surface area contributed by atoms with Crippen LogP contribution in [-0.4, -0.2) is 8.42 Å². The van der Waals surface area contributed by atoms with E-state index in [1.54, 1.807) is 24.3 Å². The van der Waals surface area contributed by atoms with Gasteiger partial charge in [0.2, 0.25) is 0 Å². The summed E-state index contributed by atoms with van der Waals surface area (Å²) in [6, 6.07) is 27.2. The maximum Gasteiger partial charge on any atom is 0.416 e. The van der Waals surface area contributed by atoms with Crippen molar-refractivity contribution in [2.45, 2.75) is 39.6 Å². The molecule has 0 heterocycles.